The molecular weight excluding hydrogens is 329 g/mol. The van der Waals surface area contributed by atoms with Crippen LogP contribution in [0.25, 0.3) is 0 Å². The molecule has 7 heteroatoms. The van der Waals surface area contributed by atoms with Gasteiger partial charge in [0.05, 0.1) is 16.8 Å². The molecule has 0 radical (unpaired) electrons. The van der Waals surface area contributed by atoms with Crippen LogP contribution in [0, 0.1) is 5.82 Å². The summed E-state index contributed by atoms with van der Waals surface area (Å²) in [7, 11) is -3.74. The molecular formula is C17H20FN3O2S. The number of nitrogens with zero attached hydrogens (tertiary/aromatic N) is 2. The Bertz CT molecular complexity index is 768. The third-order valence-electron chi connectivity index (χ3n) is 4.05. The Balaban J connectivity index is 1.72. The van der Waals surface area contributed by atoms with Gasteiger partial charge in [-0.2, -0.15) is 0 Å². The molecule has 1 aromatic heterocycles. The lowest BCUT2D eigenvalue weighted by Gasteiger charge is -2.21. The van der Waals surface area contributed by atoms with Gasteiger partial charge in [-0.3, -0.25) is 4.72 Å². The molecule has 1 aliphatic rings. The number of hydrogen-bond acceptors (Lipinski definition) is 4. The Morgan fingerprint density at radius 2 is 1.62 bits per heavy atom. The Hall–Kier alpha value is -2.15. The zero-order chi connectivity index (χ0) is 17.0. The van der Waals surface area contributed by atoms with Gasteiger partial charge in [-0.1, -0.05) is 12.8 Å². The lowest BCUT2D eigenvalue weighted by Crippen LogP contribution is -2.24. The molecule has 1 aliphatic heterocycles. The summed E-state index contributed by atoms with van der Waals surface area (Å²) in [6.45, 7) is 1.96. The van der Waals surface area contributed by atoms with Gasteiger partial charge < -0.3 is 4.90 Å². The van der Waals surface area contributed by atoms with Gasteiger partial charge in [0.2, 0.25) is 0 Å². The molecule has 0 saturated carbocycles. The molecule has 24 heavy (non-hydrogen) atoms. The highest BCUT2D eigenvalue weighted by atomic mass is 32.2. The molecule has 0 unspecified atom stereocenters. The highest BCUT2D eigenvalue weighted by Crippen LogP contribution is 2.20. The van der Waals surface area contributed by atoms with Crippen LogP contribution in [0.4, 0.5) is 15.9 Å². The van der Waals surface area contributed by atoms with Crippen molar-refractivity contribution in [2.45, 2.75) is 30.6 Å². The number of halogens is 1. The van der Waals surface area contributed by atoms with Crippen LogP contribution in [0.5, 0.6) is 0 Å². The Labute approximate surface area is 141 Å². The molecule has 1 N–H and O–H groups in total. The zero-order valence-electron chi connectivity index (χ0n) is 13.3. The highest BCUT2D eigenvalue weighted by molar-refractivity contribution is 7.92. The van der Waals surface area contributed by atoms with E-state index in [1.54, 1.807) is 6.07 Å². The minimum Gasteiger partial charge on any atom is -0.357 e. The smallest absolute Gasteiger partial charge is 0.261 e. The largest absolute Gasteiger partial charge is 0.357 e. The first kappa shape index (κ1) is 16.7. The van der Waals surface area contributed by atoms with E-state index in [9.17, 15) is 12.8 Å². The van der Waals surface area contributed by atoms with E-state index in [1.807, 2.05) is 6.07 Å². The molecule has 1 aromatic carbocycles. The van der Waals surface area contributed by atoms with Crippen molar-refractivity contribution in [1.29, 1.82) is 0 Å². The summed E-state index contributed by atoms with van der Waals surface area (Å²) < 4.78 is 39.9. The molecule has 0 amide bonds. The van der Waals surface area contributed by atoms with Crippen molar-refractivity contribution in [2.24, 2.45) is 0 Å². The van der Waals surface area contributed by atoms with Gasteiger partial charge in [-0.05, 0) is 49.2 Å². The molecule has 128 valence electrons. The maximum Gasteiger partial charge on any atom is 0.261 e. The van der Waals surface area contributed by atoms with Crippen LogP contribution in [0.3, 0.4) is 0 Å². The summed E-state index contributed by atoms with van der Waals surface area (Å²) in [5, 5.41) is 0. The minimum atomic E-state index is -3.74. The number of hydrogen-bond donors (Lipinski definition) is 1. The maximum absolute atomic E-state index is 12.9. The lowest BCUT2D eigenvalue weighted by molar-refractivity contribution is 0.599. The molecule has 0 spiro atoms. The molecule has 3 rings (SSSR count). The zero-order valence-corrected chi connectivity index (χ0v) is 14.1. The number of sulfonamides is 1. The van der Waals surface area contributed by atoms with Crippen LogP contribution in [-0.4, -0.2) is 26.5 Å². The van der Waals surface area contributed by atoms with E-state index in [4.69, 9.17) is 0 Å². The molecule has 0 aliphatic carbocycles. The maximum atomic E-state index is 12.9. The topological polar surface area (TPSA) is 62.3 Å². The summed E-state index contributed by atoms with van der Waals surface area (Å²) in [6.07, 6.45) is 6.31. The van der Waals surface area contributed by atoms with Crippen LogP contribution in [0.2, 0.25) is 0 Å². The van der Waals surface area contributed by atoms with Crippen LogP contribution >= 0.6 is 0 Å². The van der Waals surface area contributed by atoms with Crippen molar-refractivity contribution in [1.82, 2.24) is 4.98 Å². The third kappa shape index (κ3) is 4.03. The van der Waals surface area contributed by atoms with Gasteiger partial charge in [0.25, 0.3) is 10.0 Å². The van der Waals surface area contributed by atoms with Gasteiger partial charge in [0.1, 0.15) is 11.6 Å². The molecule has 2 heterocycles. The summed E-state index contributed by atoms with van der Waals surface area (Å²) >= 11 is 0. The monoisotopic (exact) mass is 349 g/mol. The summed E-state index contributed by atoms with van der Waals surface area (Å²) in [6, 6.07) is 8.24. The van der Waals surface area contributed by atoms with Gasteiger partial charge in [0.15, 0.2) is 0 Å². The van der Waals surface area contributed by atoms with Crippen molar-refractivity contribution in [3.63, 3.8) is 0 Å². The fraction of sp³-hybridized carbons (Fsp3) is 0.353. The third-order valence-corrected chi connectivity index (χ3v) is 5.45. The number of aromatic nitrogens is 1. The van der Waals surface area contributed by atoms with Gasteiger partial charge in [-0.25, -0.2) is 17.8 Å². The SMILES string of the molecule is O=S(=O)(Nc1ccc(N2CCCCCC2)nc1)c1ccc(F)cc1. The van der Waals surface area contributed by atoms with Gasteiger partial charge in [-0.15, -0.1) is 0 Å². The highest BCUT2D eigenvalue weighted by Gasteiger charge is 2.15. The van der Waals surface area contributed by atoms with Crippen molar-refractivity contribution in [3.05, 3.63) is 48.4 Å². The fourth-order valence-corrected chi connectivity index (χ4v) is 3.80. The predicted molar refractivity (Wildman–Crippen MR) is 92.1 cm³/mol. The van der Waals surface area contributed by atoms with Crippen molar-refractivity contribution >= 4 is 21.5 Å². The number of anilines is 2. The van der Waals surface area contributed by atoms with Crippen LogP contribution in [-0.2, 0) is 10.0 Å². The number of nitrogens with one attached hydrogen (secondary N) is 1. The normalized spacial score (nSPS) is 15.8. The van der Waals surface area contributed by atoms with E-state index >= 15 is 0 Å². The van der Waals surface area contributed by atoms with E-state index in [0.717, 1.165) is 43.9 Å². The van der Waals surface area contributed by atoms with E-state index in [1.165, 1.54) is 31.2 Å². The number of pyridine rings is 1. The van der Waals surface area contributed by atoms with Crippen molar-refractivity contribution in [3.8, 4) is 0 Å². The summed E-state index contributed by atoms with van der Waals surface area (Å²) in [5.41, 5.74) is 0.387. The lowest BCUT2D eigenvalue weighted by atomic mass is 10.2. The van der Waals surface area contributed by atoms with E-state index in [-0.39, 0.29) is 4.90 Å². The number of benzene rings is 1. The first-order chi connectivity index (χ1) is 11.5. The first-order valence-corrected chi connectivity index (χ1v) is 9.52. The summed E-state index contributed by atoms with van der Waals surface area (Å²) in [5.74, 6) is 0.388. The molecule has 2 aromatic rings. The first-order valence-electron chi connectivity index (χ1n) is 8.04. The Kier molecular flexibility index (Phi) is 4.99. The van der Waals surface area contributed by atoms with E-state index in [2.05, 4.69) is 14.6 Å². The second-order valence-corrected chi connectivity index (χ2v) is 7.55. The van der Waals surface area contributed by atoms with Crippen molar-refractivity contribution in [2.75, 3.05) is 22.7 Å². The molecule has 1 saturated heterocycles. The predicted octanol–water partition coefficient (Wildman–Crippen LogP) is 3.40. The van der Waals surface area contributed by atoms with Gasteiger partial charge >= 0.3 is 0 Å². The molecule has 1 fully saturated rings. The van der Waals surface area contributed by atoms with E-state index in [0.29, 0.717) is 5.69 Å². The second kappa shape index (κ2) is 7.17. The fourth-order valence-electron chi connectivity index (χ4n) is 2.76. The second-order valence-electron chi connectivity index (χ2n) is 5.87. The quantitative estimate of drug-likeness (QED) is 0.919. The molecule has 0 bridgehead atoms. The average Bonchev–Trinajstić information content (AvgIpc) is 2.85. The van der Waals surface area contributed by atoms with Crippen molar-refractivity contribution < 1.29 is 12.8 Å². The standard InChI is InChI=1S/C17H20FN3O2S/c18-14-5-8-16(9-6-14)24(22,23)20-15-7-10-17(19-13-15)21-11-3-1-2-4-12-21/h5-10,13,20H,1-4,11-12H2. The Morgan fingerprint density at radius 3 is 2.21 bits per heavy atom. The van der Waals surface area contributed by atoms with Crippen LogP contribution < -0.4 is 9.62 Å². The molecule has 5 nitrogen and oxygen atoms in total. The number of rotatable bonds is 4. The van der Waals surface area contributed by atoms with E-state index < -0.39 is 15.8 Å². The van der Waals surface area contributed by atoms with Crippen LogP contribution in [0.1, 0.15) is 25.7 Å². The Morgan fingerprint density at radius 1 is 0.958 bits per heavy atom. The molecule has 0 atom stereocenters. The van der Waals surface area contributed by atoms with Gasteiger partial charge in [0, 0.05) is 13.1 Å². The average molecular weight is 349 g/mol. The van der Waals surface area contributed by atoms with Crippen LogP contribution in [0.15, 0.2) is 47.5 Å². The summed E-state index contributed by atoms with van der Waals surface area (Å²) in [4.78, 5) is 6.62. The minimum absolute atomic E-state index is 0.0143.